The number of benzene rings is 1. The quantitative estimate of drug-likeness (QED) is 0.901. The first kappa shape index (κ1) is 13.5. The van der Waals surface area contributed by atoms with Crippen LogP contribution in [0.4, 0.5) is 0 Å². The lowest BCUT2D eigenvalue weighted by molar-refractivity contribution is 0.0655. The number of carboxylic acid groups (broad SMARTS) is 1. The lowest BCUT2D eigenvalue weighted by Crippen LogP contribution is -2.01. The van der Waals surface area contributed by atoms with E-state index in [-0.39, 0.29) is 11.5 Å². The highest BCUT2D eigenvalue weighted by atomic mass is 35.5. The van der Waals surface area contributed by atoms with Gasteiger partial charge in [-0.25, -0.2) is 4.79 Å². The molecule has 0 saturated heterocycles. The van der Waals surface area contributed by atoms with Gasteiger partial charge in [-0.05, 0) is 30.3 Å². The molecular weight excluding hydrogens is 272 g/mol. The van der Waals surface area contributed by atoms with Gasteiger partial charge in [0.15, 0.2) is 0 Å². The molecule has 0 bridgehead atoms. The molecule has 0 saturated carbocycles. The number of methoxy groups -OCH3 is 1. The second-order valence-corrected chi connectivity index (χ2v) is 4.23. The molecule has 1 atom stereocenters. The minimum absolute atomic E-state index is 0.109. The van der Waals surface area contributed by atoms with Gasteiger partial charge in [0.25, 0.3) is 0 Å². The van der Waals surface area contributed by atoms with Gasteiger partial charge in [0.05, 0.1) is 7.11 Å². The average molecular weight is 283 g/mol. The van der Waals surface area contributed by atoms with Crippen molar-refractivity contribution in [2.75, 3.05) is 7.11 Å². The first-order valence-electron chi connectivity index (χ1n) is 5.37. The largest absolute Gasteiger partial charge is 0.496 e. The van der Waals surface area contributed by atoms with Crippen molar-refractivity contribution in [3.8, 4) is 5.75 Å². The van der Waals surface area contributed by atoms with Gasteiger partial charge < -0.3 is 19.4 Å². The Hall–Kier alpha value is -1.98. The minimum Gasteiger partial charge on any atom is -0.496 e. The highest BCUT2D eigenvalue weighted by Crippen LogP contribution is 2.32. The van der Waals surface area contributed by atoms with Crippen LogP contribution in [0.25, 0.3) is 0 Å². The van der Waals surface area contributed by atoms with Gasteiger partial charge in [0.1, 0.15) is 17.6 Å². The first-order chi connectivity index (χ1) is 9.02. The molecule has 1 heterocycles. The van der Waals surface area contributed by atoms with Crippen LogP contribution in [-0.4, -0.2) is 23.3 Å². The number of aromatic carboxylic acids is 1. The van der Waals surface area contributed by atoms with Crippen molar-refractivity contribution >= 4 is 17.6 Å². The second kappa shape index (κ2) is 5.34. The van der Waals surface area contributed by atoms with Crippen LogP contribution in [0.5, 0.6) is 5.75 Å². The zero-order chi connectivity index (χ0) is 14.0. The molecule has 2 rings (SSSR count). The van der Waals surface area contributed by atoms with E-state index in [1.165, 1.54) is 25.3 Å². The third-order valence-corrected chi connectivity index (χ3v) is 2.83. The van der Waals surface area contributed by atoms with Gasteiger partial charge in [-0.1, -0.05) is 11.6 Å². The fourth-order valence-electron chi connectivity index (χ4n) is 1.69. The molecule has 100 valence electrons. The van der Waals surface area contributed by atoms with E-state index >= 15 is 0 Å². The van der Waals surface area contributed by atoms with E-state index < -0.39 is 12.1 Å². The van der Waals surface area contributed by atoms with Crippen molar-refractivity contribution < 1.29 is 24.2 Å². The van der Waals surface area contributed by atoms with Crippen molar-refractivity contribution in [1.29, 1.82) is 0 Å². The number of halogens is 1. The Morgan fingerprint density at radius 3 is 2.68 bits per heavy atom. The topological polar surface area (TPSA) is 79.9 Å². The lowest BCUT2D eigenvalue weighted by atomic mass is 10.1. The minimum atomic E-state index is -1.20. The zero-order valence-electron chi connectivity index (χ0n) is 9.96. The Balaban J connectivity index is 2.39. The van der Waals surface area contributed by atoms with E-state index in [1.54, 1.807) is 12.1 Å². The molecule has 5 nitrogen and oxygen atoms in total. The van der Waals surface area contributed by atoms with Gasteiger partial charge in [0.2, 0.25) is 5.76 Å². The highest BCUT2D eigenvalue weighted by molar-refractivity contribution is 6.30. The van der Waals surface area contributed by atoms with Crippen LogP contribution < -0.4 is 4.74 Å². The van der Waals surface area contributed by atoms with Crippen molar-refractivity contribution in [2.45, 2.75) is 6.10 Å². The van der Waals surface area contributed by atoms with E-state index in [4.69, 9.17) is 25.9 Å². The van der Waals surface area contributed by atoms with Crippen LogP contribution in [0.1, 0.15) is 28.0 Å². The summed E-state index contributed by atoms with van der Waals surface area (Å²) in [5.41, 5.74) is 0.404. The maximum atomic E-state index is 10.7. The Morgan fingerprint density at radius 1 is 1.37 bits per heavy atom. The normalized spacial score (nSPS) is 12.2. The van der Waals surface area contributed by atoms with E-state index in [1.807, 2.05) is 0 Å². The van der Waals surface area contributed by atoms with E-state index in [0.717, 1.165) is 0 Å². The summed E-state index contributed by atoms with van der Waals surface area (Å²) in [5, 5.41) is 19.4. The molecule has 1 unspecified atom stereocenters. The fraction of sp³-hybridized carbons (Fsp3) is 0.154. The predicted octanol–water partition coefficient (Wildman–Crippen LogP) is 2.72. The van der Waals surface area contributed by atoms with Gasteiger partial charge in [-0.15, -0.1) is 0 Å². The molecule has 0 radical (unpaired) electrons. The van der Waals surface area contributed by atoms with Crippen molar-refractivity contribution in [1.82, 2.24) is 0 Å². The smallest absolute Gasteiger partial charge is 0.371 e. The van der Waals surface area contributed by atoms with Crippen molar-refractivity contribution in [3.63, 3.8) is 0 Å². The number of hydrogen-bond acceptors (Lipinski definition) is 4. The summed E-state index contributed by atoms with van der Waals surface area (Å²) < 4.78 is 10.2. The number of hydrogen-bond donors (Lipinski definition) is 2. The summed E-state index contributed by atoms with van der Waals surface area (Å²) in [4.78, 5) is 10.7. The number of carbonyl (C=O) groups is 1. The Bertz CT molecular complexity index is 605. The van der Waals surface area contributed by atoms with Crippen LogP contribution in [0.2, 0.25) is 5.02 Å². The summed E-state index contributed by atoms with van der Waals surface area (Å²) in [5.74, 6) is -0.894. The maximum Gasteiger partial charge on any atom is 0.371 e. The molecule has 0 aliphatic heterocycles. The van der Waals surface area contributed by atoms with Crippen LogP contribution in [0.3, 0.4) is 0 Å². The molecule has 0 amide bonds. The van der Waals surface area contributed by atoms with Crippen molar-refractivity contribution in [3.05, 3.63) is 52.4 Å². The van der Waals surface area contributed by atoms with Crippen molar-refractivity contribution in [2.24, 2.45) is 0 Å². The summed E-state index contributed by atoms with van der Waals surface area (Å²) in [6.07, 6.45) is -1.15. The van der Waals surface area contributed by atoms with E-state index in [2.05, 4.69) is 0 Å². The number of aliphatic hydroxyl groups excluding tert-OH is 1. The van der Waals surface area contributed by atoms with Crippen LogP contribution >= 0.6 is 11.6 Å². The fourth-order valence-corrected chi connectivity index (χ4v) is 1.87. The van der Waals surface area contributed by atoms with Gasteiger partial charge in [-0.2, -0.15) is 0 Å². The molecule has 0 aliphatic carbocycles. The number of furan rings is 1. The average Bonchev–Trinajstić information content (AvgIpc) is 2.87. The van der Waals surface area contributed by atoms with E-state index in [0.29, 0.717) is 16.3 Å². The molecule has 1 aromatic carbocycles. The highest BCUT2D eigenvalue weighted by Gasteiger charge is 2.20. The SMILES string of the molecule is COc1ccc(Cl)cc1C(O)c1ccc(C(=O)O)o1. The van der Waals surface area contributed by atoms with Crippen LogP contribution in [0.15, 0.2) is 34.7 Å². The van der Waals surface area contributed by atoms with Gasteiger partial charge in [0, 0.05) is 10.6 Å². The second-order valence-electron chi connectivity index (χ2n) is 3.80. The molecular formula is C13H11ClO5. The standard InChI is InChI=1S/C13H11ClO5/c1-18-9-3-2-7(14)6-8(9)12(15)10-4-5-11(19-10)13(16)17/h2-6,12,15H,1H3,(H,16,17). The van der Waals surface area contributed by atoms with Crippen LogP contribution in [-0.2, 0) is 0 Å². The molecule has 19 heavy (non-hydrogen) atoms. The third-order valence-electron chi connectivity index (χ3n) is 2.59. The number of carboxylic acids is 1. The van der Waals surface area contributed by atoms with Gasteiger partial charge in [-0.3, -0.25) is 0 Å². The third kappa shape index (κ3) is 2.72. The lowest BCUT2D eigenvalue weighted by Gasteiger charge is -2.13. The molecule has 1 aromatic heterocycles. The predicted molar refractivity (Wildman–Crippen MR) is 67.7 cm³/mol. The molecule has 0 aliphatic rings. The Labute approximate surface area is 114 Å². The Kier molecular flexibility index (Phi) is 3.78. The number of ether oxygens (including phenoxy) is 1. The molecule has 2 N–H and O–H groups in total. The Morgan fingerprint density at radius 2 is 2.11 bits per heavy atom. The summed E-state index contributed by atoms with van der Waals surface area (Å²) in [7, 11) is 1.46. The maximum absolute atomic E-state index is 10.7. The van der Waals surface area contributed by atoms with Crippen LogP contribution in [0, 0.1) is 0 Å². The molecule has 6 heteroatoms. The first-order valence-corrected chi connectivity index (χ1v) is 5.75. The monoisotopic (exact) mass is 282 g/mol. The number of aliphatic hydroxyl groups is 1. The summed E-state index contributed by atoms with van der Waals surface area (Å²) in [6, 6.07) is 7.45. The summed E-state index contributed by atoms with van der Waals surface area (Å²) in [6.45, 7) is 0. The zero-order valence-corrected chi connectivity index (χ0v) is 10.7. The molecule has 0 fully saturated rings. The number of rotatable bonds is 4. The van der Waals surface area contributed by atoms with Gasteiger partial charge >= 0.3 is 5.97 Å². The van der Waals surface area contributed by atoms with E-state index in [9.17, 15) is 9.90 Å². The molecule has 2 aromatic rings. The molecule has 0 spiro atoms. The summed E-state index contributed by atoms with van der Waals surface area (Å²) >= 11 is 5.87.